The molecule has 0 saturated carbocycles. The molecule has 1 aliphatic heterocycles. The number of nitrogens with zero attached hydrogens (tertiary/aromatic N) is 1. The van der Waals surface area contributed by atoms with E-state index in [1.165, 1.54) is 0 Å². The molecule has 2 atom stereocenters. The fourth-order valence-electron chi connectivity index (χ4n) is 1.80. The van der Waals surface area contributed by atoms with E-state index < -0.39 is 0 Å². The van der Waals surface area contributed by atoms with Crippen molar-refractivity contribution in [2.75, 3.05) is 13.2 Å². The van der Waals surface area contributed by atoms with Crippen LogP contribution in [0, 0.1) is 6.92 Å². The van der Waals surface area contributed by atoms with Crippen molar-refractivity contribution in [1.82, 2.24) is 15.6 Å². The van der Waals surface area contributed by atoms with Gasteiger partial charge in [-0.25, -0.2) is 4.98 Å². The van der Waals surface area contributed by atoms with E-state index in [2.05, 4.69) is 15.6 Å². The van der Waals surface area contributed by atoms with Crippen molar-refractivity contribution in [2.45, 2.75) is 32.5 Å². The van der Waals surface area contributed by atoms with Crippen LogP contribution < -0.4 is 10.6 Å². The maximum Gasteiger partial charge on any atom is 0.240 e. The summed E-state index contributed by atoms with van der Waals surface area (Å²) in [7, 11) is 0. The van der Waals surface area contributed by atoms with Crippen molar-refractivity contribution < 1.29 is 9.53 Å². The highest BCUT2D eigenvalue weighted by molar-refractivity contribution is 7.09. The lowest BCUT2D eigenvalue weighted by atomic mass is 10.1. The Morgan fingerprint density at radius 1 is 1.76 bits per heavy atom. The predicted molar refractivity (Wildman–Crippen MR) is 65.9 cm³/mol. The highest BCUT2D eigenvalue weighted by atomic mass is 32.1. The summed E-state index contributed by atoms with van der Waals surface area (Å²) >= 11 is 1.56. The first-order valence-electron chi connectivity index (χ1n) is 5.70. The maximum absolute atomic E-state index is 11.9. The normalized spacial score (nSPS) is 24.6. The van der Waals surface area contributed by atoms with Crippen molar-refractivity contribution in [1.29, 1.82) is 0 Å². The summed E-state index contributed by atoms with van der Waals surface area (Å²) in [5.41, 5.74) is 2.78. The first kappa shape index (κ1) is 12.5. The number of thiazole rings is 1. The number of amides is 1. The fraction of sp³-hybridized carbons (Fsp3) is 0.636. The molecule has 1 aromatic heterocycles. The van der Waals surface area contributed by atoms with Gasteiger partial charge >= 0.3 is 0 Å². The van der Waals surface area contributed by atoms with Crippen LogP contribution in [0.4, 0.5) is 0 Å². The van der Waals surface area contributed by atoms with E-state index in [4.69, 9.17) is 4.74 Å². The molecule has 1 fully saturated rings. The zero-order valence-corrected chi connectivity index (χ0v) is 10.8. The summed E-state index contributed by atoms with van der Waals surface area (Å²) in [5, 5.41) is 6.08. The van der Waals surface area contributed by atoms with Crippen LogP contribution >= 0.6 is 11.3 Å². The van der Waals surface area contributed by atoms with Crippen molar-refractivity contribution in [3.05, 3.63) is 16.1 Å². The minimum absolute atomic E-state index is 0.00926. The van der Waals surface area contributed by atoms with E-state index >= 15 is 0 Å². The van der Waals surface area contributed by atoms with Gasteiger partial charge in [-0.2, -0.15) is 0 Å². The summed E-state index contributed by atoms with van der Waals surface area (Å²) in [6, 6.07) is -0.253. The minimum atomic E-state index is -0.253. The lowest BCUT2D eigenvalue weighted by Gasteiger charge is -2.29. The van der Waals surface area contributed by atoms with Crippen molar-refractivity contribution in [3.63, 3.8) is 0 Å². The summed E-state index contributed by atoms with van der Waals surface area (Å²) in [6.45, 7) is 5.79. The SMILES string of the molecule is Cc1ncsc1CNC(=O)[C@H]1NCCO[C@@H]1C. The molecule has 1 amide bonds. The molecule has 0 aromatic carbocycles. The number of ether oxygens (including phenoxy) is 1. The van der Waals surface area contributed by atoms with Crippen LogP contribution in [-0.2, 0) is 16.1 Å². The summed E-state index contributed by atoms with van der Waals surface area (Å²) in [6.07, 6.45) is -0.0775. The molecular formula is C11H17N3O2S. The molecule has 6 heteroatoms. The van der Waals surface area contributed by atoms with Crippen LogP contribution in [0.1, 0.15) is 17.5 Å². The molecule has 1 aromatic rings. The van der Waals surface area contributed by atoms with Gasteiger partial charge in [-0.05, 0) is 13.8 Å². The lowest BCUT2D eigenvalue weighted by molar-refractivity contribution is -0.129. The number of aromatic nitrogens is 1. The van der Waals surface area contributed by atoms with Gasteiger partial charge < -0.3 is 15.4 Å². The third-order valence-electron chi connectivity index (χ3n) is 2.87. The minimum Gasteiger partial charge on any atom is -0.375 e. The Morgan fingerprint density at radius 2 is 2.59 bits per heavy atom. The maximum atomic E-state index is 11.9. The smallest absolute Gasteiger partial charge is 0.240 e. The van der Waals surface area contributed by atoms with Crippen LogP contribution in [0.3, 0.4) is 0 Å². The van der Waals surface area contributed by atoms with Gasteiger partial charge in [0.25, 0.3) is 0 Å². The molecule has 1 saturated heterocycles. The molecule has 1 aliphatic rings. The van der Waals surface area contributed by atoms with E-state index in [1.807, 2.05) is 13.8 Å². The quantitative estimate of drug-likeness (QED) is 0.823. The number of rotatable bonds is 3. The molecule has 17 heavy (non-hydrogen) atoms. The molecule has 2 N–H and O–H groups in total. The largest absolute Gasteiger partial charge is 0.375 e. The Balaban J connectivity index is 1.86. The van der Waals surface area contributed by atoms with Crippen LogP contribution in [0.15, 0.2) is 5.51 Å². The number of carbonyl (C=O) groups excluding carboxylic acids is 1. The van der Waals surface area contributed by atoms with Crippen molar-refractivity contribution >= 4 is 17.2 Å². The predicted octanol–water partition coefficient (Wildman–Crippen LogP) is 0.445. The Bertz CT molecular complexity index is 394. The Labute approximate surface area is 105 Å². The number of morpholine rings is 1. The summed E-state index contributed by atoms with van der Waals surface area (Å²) < 4.78 is 5.44. The van der Waals surface area contributed by atoms with E-state index in [9.17, 15) is 4.79 Å². The van der Waals surface area contributed by atoms with Gasteiger partial charge in [0, 0.05) is 11.4 Å². The van der Waals surface area contributed by atoms with Crippen LogP contribution in [-0.4, -0.2) is 36.2 Å². The molecule has 0 aliphatic carbocycles. The second-order valence-corrected chi connectivity index (χ2v) is 5.03. The third-order valence-corrected chi connectivity index (χ3v) is 3.80. The average molecular weight is 255 g/mol. The van der Waals surface area contributed by atoms with Gasteiger partial charge in [-0.1, -0.05) is 0 Å². The average Bonchev–Trinajstić information content (AvgIpc) is 2.72. The van der Waals surface area contributed by atoms with Gasteiger partial charge in [0.15, 0.2) is 0 Å². The van der Waals surface area contributed by atoms with Crippen LogP contribution in [0.25, 0.3) is 0 Å². The molecule has 0 bridgehead atoms. The third kappa shape index (κ3) is 3.02. The summed E-state index contributed by atoms with van der Waals surface area (Å²) in [5.74, 6) is -0.00926. The topological polar surface area (TPSA) is 63.2 Å². The first-order chi connectivity index (χ1) is 8.18. The molecule has 2 heterocycles. The van der Waals surface area contributed by atoms with Crippen LogP contribution in [0.2, 0.25) is 0 Å². The molecule has 94 valence electrons. The second kappa shape index (κ2) is 5.57. The fourth-order valence-corrected chi connectivity index (χ4v) is 2.52. The van der Waals surface area contributed by atoms with E-state index in [0.717, 1.165) is 17.1 Å². The number of hydrogen-bond acceptors (Lipinski definition) is 5. The molecule has 5 nitrogen and oxygen atoms in total. The molecule has 0 spiro atoms. The van der Waals surface area contributed by atoms with Crippen molar-refractivity contribution in [3.8, 4) is 0 Å². The molecular weight excluding hydrogens is 238 g/mol. The number of nitrogens with one attached hydrogen (secondary N) is 2. The number of carbonyl (C=O) groups is 1. The molecule has 0 radical (unpaired) electrons. The Kier molecular flexibility index (Phi) is 4.09. The van der Waals surface area contributed by atoms with Crippen LogP contribution in [0.5, 0.6) is 0 Å². The highest BCUT2D eigenvalue weighted by Crippen LogP contribution is 2.11. The van der Waals surface area contributed by atoms with E-state index in [1.54, 1.807) is 16.8 Å². The first-order valence-corrected chi connectivity index (χ1v) is 6.58. The van der Waals surface area contributed by atoms with Gasteiger partial charge in [0.05, 0.1) is 30.5 Å². The lowest BCUT2D eigenvalue weighted by Crippen LogP contribution is -2.55. The molecule has 2 rings (SSSR count). The zero-order valence-electron chi connectivity index (χ0n) is 10.0. The Morgan fingerprint density at radius 3 is 3.24 bits per heavy atom. The van der Waals surface area contributed by atoms with E-state index in [0.29, 0.717) is 13.2 Å². The van der Waals surface area contributed by atoms with E-state index in [-0.39, 0.29) is 18.1 Å². The second-order valence-electron chi connectivity index (χ2n) is 4.09. The number of hydrogen-bond donors (Lipinski definition) is 2. The zero-order chi connectivity index (χ0) is 12.3. The highest BCUT2D eigenvalue weighted by Gasteiger charge is 2.27. The Hall–Kier alpha value is -0.980. The van der Waals surface area contributed by atoms with Gasteiger partial charge in [-0.15, -0.1) is 11.3 Å². The van der Waals surface area contributed by atoms with Gasteiger partial charge in [0.2, 0.25) is 5.91 Å². The summed E-state index contributed by atoms with van der Waals surface area (Å²) in [4.78, 5) is 17.2. The number of aryl methyl sites for hydroxylation is 1. The monoisotopic (exact) mass is 255 g/mol. The van der Waals surface area contributed by atoms with Gasteiger partial charge in [0.1, 0.15) is 6.04 Å². The molecule has 0 unspecified atom stereocenters. The van der Waals surface area contributed by atoms with Gasteiger partial charge in [-0.3, -0.25) is 4.79 Å². The standard InChI is InChI=1S/C11H17N3O2S/c1-7-9(17-6-14-7)5-13-11(15)10-8(2)16-4-3-12-10/h6,8,10,12H,3-5H2,1-2H3,(H,13,15)/t8-,10+/m1/s1. The van der Waals surface area contributed by atoms with Crippen molar-refractivity contribution in [2.24, 2.45) is 0 Å².